The van der Waals surface area contributed by atoms with Crippen molar-refractivity contribution in [3.63, 3.8) is 0 Å². The van der Waals surface area contributed by atoms with Gasteiger partial charge in [-0.25, -0.2) is 0 Å². The number of rotatable bonds is 8. The van der Waals surface area contributed by atoms with Crippen molar-refractivity contribution in [2.24, 2.45) is 71.0 Å². The van der Waals surface area contributed by atoms with Gasteiger partial charge in [0.15, 0.2) is 0 Å². The van der Waals surface area contributed by atoms with Crippen LogP contribution in [0.15, 0.2) is 0 Å². The lowest BCUT2D eigenvalue weighted by molar-refractivity contribution is -0.190. The van der Waals surface area contributed by atoms with Crippen LogP contribution in [0.4, 0.5) is 0 Å². The summed E-state index contributed by atoms with van der Waals surface area (Å²) in [5, 5.41) is 0. The summed E-state index contributed by atoms with van der Waals surface area (Å²) < 4.78 is 82.5. The Kier molecular flexibility index (Phi) is 7.93. The third-order valence-electron chi connectivity index (χ3n) is 10.6. The summed E-state index contributed by atoms with van der Waals surface area (Å²) in [5.41, 5.74) is 0. The van der Waals surface area contributed by atoms with Crippen LogP contribution >= 0.6 is 0 Å². The minimum atomic E-state index is -4.12. The van der Waals surface area contributed by atoms with Crippen molar-refractivity contribution in [1.29, 1.82) is 0 Å². The van der Waals surface area contributed by atoms with Crippen LogP contribution in [0.3, 0.4) is 0 Å². The monoisotopic (exact) mass is 636 g/mol. The summed E-state index contributed by atoms with van der Waals surface area (Å²) in [6.45, 7) is 0. The molecule has 0 spiro atoms. The summed E-state index contributed by atoms with van der Waals surface area (Å²) in [4.78, 5) is 52.3. The molecule has 12 atom stereocenters. The quantitative estimate of drug-likeness (QED) is 0.190. The van der Waals surface area contributed by atoms with Crippen LogP contribution in [0.25, 0.3) is 0 Å². The zero-order valence-electron chi connectivity index (χ0n) is 24.0. The number of hydrogen-bond donors (Lipinski definition) is 0. The van der Waals surface area contributed by atoms with Gasteiger partial charge in [0.1, 0.15) is 0 Å². The van der Waals surface area contributed by atoms with Crippen molar-refractivity contribution < 1.29 is 63.3 Å². The van der Waals surface area contributed by atoms with Gasteiger partial charge in [0, 0.05) is 0 Å². The smallest absolute Gasteiger partial charge is 0.309 e. The number of fused-ring (bicyclic) bond motifs is 10. The maximum absolute atomic E-state index is 13.1. The molecule has 14 nitrogen and oxygen atoms in total. The van der Waals surface area contributed by atoms with Crippen molar-refractivity contribution in [1.82, 2.24) is 0 Å². The number of hydrogen-bond acceptors (Lipinski definition) is 14. The number of methoxy groups -OCH3 is 4. The predicted molar refractivity (Wildman–Crippen MR) is 139 cm³/mol. The van der Waals surface area contributed by atoms with Gasteiger partial charge in [-0.15, -0.1) is 0 Å². The topological polar surface area (TPSA) is 192 Å². The van der Waals surface area contributed by atoms with Gasteiger partial charge in [0.2, 0.25) is 0 Å². The number of ether oxygens (including phenoxy) is 4. The lowest BCUT2D eigenvalue weighted by atomic mass is 9.51. The Labute approximate surface area is 244 Å². The van der Waals surface area contributed by atoms with Crippen LogP contribution in [0, 0.1) is 71.0 Å². The second kappa shape index (κ2) is 10.7. The van der Waals surface area contributed by atoms with E-state index in [0.29, 0.717) is 0 Å². The summed E-state index contributed by atoms with van der Waals surface area (Å²) in [6.07, 6.45) is 0.100. The Balaban J connectivity index is 1.71. The van der Waals surface area contributed by atoms with Crippen molar-refractivity contribution in [2.45, 2.75) is 25.0 Å². The maximum Gasteiger partial charge on any atom is 0.309 e. The molecule has 0 aromatic carbocycles. The van der Waals surface area contributed by atoms with E-state index >= 15 is 0 Å². The molecule has 0 amide bonds. The molecule has 5 saturated carbocycles. The second-order valence-corrected chi connectivity index (χ2v) is 15.4. The molecule has 0 aromatic rings. The Morgan fingerprint density at radius 1 is 0.476 bits per heavy atom. The number of esters is 4. The van der Waals surface area contributed by atoms with Gasteiger partial charge in [0.25, 0.3) is 20.2 Å². The third kappa shape index (κ3) is 4.72. The van der Waals surface area contributed by atoms with E-state index in [1.807, 2.05) is 0 Å². The first-order valence-corrected chi connectivity index (χ1v) is 17.3. The summed E-state index contributed by atoms with van der Waals surface area (Å²) >= 11 is 0. The fourth-order valence-electron chi connectivity index (χ4n) is 9.86. The molecular weight excluding hydrogens is 600 g/mol. The van der Waals surface area contributed by atoms with Crippen molar-refractivity contribution in [2.75, 3.05) is 41.0 Å². The first-order valence-electron chi connectivity index (χ1n) is 13.7. The molecule has 5 aliphatic rings. The van der Waals surface area contributed by atoms with Crippen molar-refractivity contribution in [3.8, 4) is 0 Å². The van der Waals surface area contributed by atoms with E-state index in [0.717, 1.165) is 12.5 Å². The molecule has 5 fully saturated rings. The first-order chi connectivity index (χ1) is 19.6. The molecular formula is C26H36O14S2. The molecule has 5 aliphatic carbocycles. The SMILES string of the molecule is COC(=O)C1C2CC(C1C(=O)OC)C1C(OS(C)(=O)=O)C3C4CC(C(C(=O)OC)C4C(=O)OC)C3C(OS(C)(=O)=O)C21. The maximum atomic E-state index is 13.1. The van der Waals surface area contributed by atoms with E-state index in [4.69, 9.17) is 27.3 Å². The highest BCUT2D eigenvalue weighted by Gasteiger charge is 2.76. The van der Waals surface area contributed by atoms with Crippen molar-refractivity contribution in [3.05, 3.63) is 0 Å². The van der Waals surface area contributed by atoms with E-state index in [1.54, 1.807) is 0 Å². The number of carbonyl (C=O) groups is 4. The van der Waals surface area contributed by atoms with E-state index in [1.165, 1.54) is 28.4 Å². The zero-order chi connectivity index (χ0) is 31.0. The fourth-order valence-corrected chi connectivity index (χ4v) is 11.2. The van der Waals surface area contributed by atoms with Crippen LogP contribution in [-0.4, -0.2) is 93.9 Å². The molecule has 0 heterocycles. The molecule has 16 heteroatoms. The third-order valence-corrected chi connectivity index (χ3v) is 11.7. The molecule has 5 rings (SSSR count). The molecule has 12 unspecified atom stereocenters. The minimum Gasteiger partial charge on any atom is -0.469 e. The summed E-state index contributed by atoms with van der Waals surface area (Å²) in [7, 11) is -3.51. The standard InChI is InChI=1S/C26H36O14S2/c1-35-23(27)17-9-7-10(18(17)24(28)36-2)14-13(9)21(39-41(5,31)32)15-11-8-12(16(15)22(14)40-42(6,33)34)20(26(30)38-4)19(11)25(29)37-3/h9-22H,7-8H2,1-6H3. The van der Waals surface area contributed by atoms with E-state index < -0.39 is 127 Å². The Bertz CT molecular complexity index is 1200. The Morgan fingerprint density at radius 2 is 0.690 bits per heavy atom. The van der Waals surface area contributed by atoms with Gasteiger partial charge >= 0.3 is 23.9 Å². The predicted octanol–water partition coefficient (Wildman–Crippen LogP) is -0.389. The molecule has 42 heavy (non-hydrogen) atoms. The molecule has 4 bridgehead atoms. The normalized spacial score (nSPS) is 43.3. The molecule has 0 radical (unpaired) electrons. The molecule has 0 aliphatic heterocycles. The second-order valence-electron chi connectivity index (χ2n) is 12.2. The average molecular weight is 637 g/mol. The first kappa shape index (κ1) is 31.1. The van der Waals surface area contributed by atoms with Gasteiger partial charge in [-0.1, -0.05) is 0 Å². The van der Waals surface area contributed by atoms with Gasteiger partial charge in [0.05, 0.1) is 76.8 Å². The van der Waals surface area contributed by atoms with Gasteiger partial charge < -0.3 is 18.9 Å². The highest BCUT2D eigenvalue weighted by atomic mass is 32.2. The van der Waals surface area contributed by atoms with Gasteiger partial charge in [-0.2, -0.15) is 16.8 Å². The molecule has 0 N–H and O–H groups in total. The summed E-state index contributed by atoms with van der Waals surface area (Å²) in [6, 6.07) is 0. The van der Waals surface area contributed by atoms with Gasteiger partial charge in [-0.05, 0) is 60.2 Å². The van der Waals surface area contributed by atoms with E-state index in [9.17, 15) is 36.0 Å². The fraction of sp³-hybridized carbons (Fsp3) is 0.846. The van der Waals surface area contributed by atoms with E-state index in [2.05, 4.69) is 0 Å². The molecule has 0 aromatic heterocycles. The average Bonchev–Trinajstić information content (AvgIpc) is 3.68. The van der Waals surface area contributed by atoms with Crippen LogP contribution in [0.5, 0.6) is 0 Å². The largest absolute Gasteiger partial charge is 0.469 e. The minimum absolute atomic E-state index is 0.262. The zero-order valence-corrected chi connectivity index (χ0v) is 25.7. The lowest BCUT2D eigenvalue weighted by Gasteiger charge is -2.56. The number of carbonyl (C=O) groups excluding carboxylic acids is 4. The Hall–Kier alpha value is -2.30. The highest BCUT2D eigenvalue weighted by molar-refractivity contribution is 7.86. The molecule has 236 valence electrons. The van der Waals surface area contributed by atoms with Gasteiger partial charge in [-0.3, -0.25) is 27.5 Å². The van der Waals surface area contributed by atoms with Crippen LogP contribution < -0.4 is 0 Å². The van der Waals surface area contributed by atoms with Crippen LogP contribution in [-0.2, 0) is 66.7 Å². The van der Waals surface area contributed by atoms with Crippen molar-refractivity contribution >= 4 is 44.1 Å². The summed E-state index contributed by atoms with van der Waals surface area (Å²) in [5.74, 6) is -12.2. The van der Waals surface area contributed by atoms with Crippen LogP contribution in [0.1, 0.15) is 12.8 Å². The highest BCUT2D eigenvalue weighted by Crippen LogP contribution is 2.72. The Morgan fingerprint density at radius 3 is 0.857 bits per heavy atom. The van der Waals surface area contributed by atoms with Crippen LogP contribution in [0.2, 0.25) is 0 Å². The molecule has 0 saturated heterocycles. The van der Waals surface area contributed by atoms with E-state index in [-0.39, 0.29) is 12.8 Å². The lowest BCUT2D eigenvalue weighted by Crippen LogP contribution is -2.63.